The fraction of sp³-hybridized carbons (Fsp3) is 0.200. The van der Waals surface area contributed by atoms with Crippen LogP contribution in [-0.2, 0) is 0 Å². The number of halogens is 1. The molecular weight excluding hydrogens is 170 g/mol. The highest BCUT2D eigenvalue weighted by Gasteiger charge is 2.06. The molecule has 0 spiro atoms. The zero-order valence-electron chi connectivity index (χ0n) is 7.05. The predicted octanol–water partition coefficient (Wildman–Crippen LogP) is 2.79. The van der Waals surface area contributed by atoms with Crippen molar-refractivity contribution in [2.24, 2.45) is 0 Å². The summed E-state index contributed by atoms with van der Waals surface area (Å²) < 4.78 is 0. The SMILES string of the molecule is C=CC(NC)c1ccccc1Cl. The molecule has 0 bridgehead atoms. The molecule has 1 rings (SSSR count). The van der Waals surface area contributed by atoms with Crippen LogP contribution in [0.2, 0.25) is 5.02 Å². The van der Waals surface area contributed by atoms with Crippen LogP contribution in [0.3, 0.4) is 0 Å². The van der Waals surface area contributed by atoms with E-state index in [1.165, 1.54) is 0 Å². The van der Waals surface area contributed by atoms with Crippen LogP contribution in [0.5, 0.6) is 0 Å². The molecule has 0 heterocycles. The van der Waals surface area contributed by atoms with Crippen molar-refractivity contribution in [3.05, 3.63) is 47.5 Å². The number of rotatable bonds is 3. The molecule has 1 atom stereocenters. The maximum atomic E-state index is 5.99. The van der Waals surface area contributed by atoms with Crippen LogP contribution in [0.15, 0.2) is 36.9 Å². The molecule has 1 nitrogen and oxygen atoms in total. The normalized spacial score (nSPS) is 12.5. The quantitative estimate of drug-likeness (QED) is 0.708. The summed E-state index contributed by atoms with van der Waals surface area (Å²) in [6, 6.07) is 7.89. The Hall–Kier alpha value is -0.790. The molecule has 0 saturated heterocycles. The maximum absolute atomic E-state index is 5.99. The van der Waals surface area contributed by atoms with Crippen molar-refractivity contribution in [3.63, 3.8) is 0 Å². The van der Waals surface area contributed by atoms with Gasteiger partial charge in [0.05, 0.1) is 6.04 Å². The van der Waals surface area contributed by atoms with Gasteiger partial charge in [0, 0.05) is 5.02 Å². The number of hydrogen-bond acceptors (Lipinski definition) is 1. The van der Waals surface area contributed by atoms with Crippen molar-refractivity contribution in [1.29, 1.82) is 0 Å². The van der Waals surface area contributed by atoms with Crippen LogP contribution in [-0.4, -0.2) is 7.05 Å². The van der Waals surface area contributed by atoms with Crippen molar-refractivity contribution < 1.29 is 0 Å². The Bertz CT molecular complexity index is 270. The number of nitrogens with one attached hydrogen (secondary N) is 1. The summed E-state index contributed by atoms with van der Waals surface area (Å²) in [5.41, 5.74) is 1.07. The number of hydrogen-bond donors (Lipinski definition) is 1. The molecule has 12 heavy (non-hydrogen) atoms. The minimum absolute atomic E-state index is 0.138. The number of benzene rings is 1. The molecule has 0 radical (unpaired) electrons. The first kappa shape index (κ1) is 9.30. The lowest BCUT2D eigenvalue weighted by Gasteiger charge is -2.12. The van der Waals surface area contributed by atoms with E-state index in [1.807, 2.05) is 37.4 Å². The van der Waals surface area contributed by atoms with Gasteiger partial charge in [-0.1, -0.05) is 35.9 Å². The Labute approximate surface area is 78.1 Å². The first-order chi connectivity index (χ1) is 5.79. The minimum atomic E-state index is 0.138. The van der Waals surface area contributed by atoms with Gasteiger partial charge in [-0.2, -0.15) is 0 Å². The monoisotopic (exact) mass is 181 g/mol. The molecule has 1 unspecified atom stereocenters. The van der Waals surface area contributed by atoms with Crippen LogP contribution in [0.25, 0.3) is 0 Å². The largest absolute Gasteiger partial charge is 0.310 e. The Balaban J connectivity index is 3.00. The van der Waals surface area contributed by atoms with Gasteiger partial charge >= 0.3 is 0 Å². The summed E-state index contributed by atoms with van der Waals surface area (Å²) in [4.78, 5) is 0. The Morgan fingerprint density at radius 3 is 2.67 bits per heavy atom. The fourth-order valence-corrected chi connectivity index (χ4v) is 1.38. The smallest absolute Gasteiger partial charge is 0.0516 e. The third-order valence-electron chi connectivity index (χ3n) is 1.79. The van der Waals surface area contributed by atoms with Crippen LogP contribution in [0.4, 0.5) is 0 Å². The summed E-state index contributed by atoms with van der Waals surface area (Å²) in [6.07, 6.45) is 1.83. The summed E-state index contributed by atoms with van der Waals surface area (Å²) in [5, 5.41) is 3.88. The average Bonchev–Trinajstić information content (AvgIpc) is 2.10. The minimum Gasteiger partial charge on any atom is -0.310 e. The highest BCUT2D eigenvalue weighted by atomic mass is 35.5. The molecule has 0 aliphatic carbocycles. The second-order valence-electron chi connectivity index (χ2n) is 2.52. The molecule has 2 heteroatoms. The van der Waals surface area contributed by atoms with Gasteiger partial charge in [-0.3, -0.25) is 0 Å². The van der Waals surface area contributed by atoms with Gasteiger partial charge in [-0.25, -0.2) is 0 Å². The van der Waals surface area contributed by atoms with Gasteiger partial charge in [0.1, 0.15) is 0 Å². The average molecular weight is 182 g/mol. The fourth-order valence-electron chi connectivity index (χ4n) is 1.13. The van der Waals surface area contributed by atoms with E-state index in [4.69, 9.17) is 11.6 Å². The summed E-state index contributed by atoms with van der Waals surface area (Å²) >= 11 is 5.99. The molecule has 0 aromatic heterocycles. The molecule has 0 fully saturated rings. The molecule has 0 saturated carbocycles. The summed E-state index contributed by atoms with van der Waals surface area (Å²) in [7, 11) is 1.88. The van der Waals surface area contributed by atoms with Crippen LogP contribution >= 0.6 is 11.6 Å². The Morgan fingerprint density at radius 1 is 1.50 bits per heavy atom. The lowest BCUT2D eigenvalue weighted by molar-refractivity contribution is 0.716. The first-order valence-electron chi connectivity index (χ1n) is 3.84. The summed E-state index contributed by atoms with van der Waals surface area (Å²) in [6.45, 7) is 3.73. The molecule has 1 N–H and O–H groups in total. The van der Waals surface area contributed by atoms with Crippen LogP contribution < -0.4 is 5.32 Å². The van der Waals surface area contributed by atoms with Crippen molar-refractivity contribution in [2.75, 3.05) is 7.05 Å². The third-order valence-corrected chi connectivity index (χ3v) is 2.13. The zero-order valence-corrected chi connectivity index (χ0v) is 7.81. The molecule has 64 valence electrons. The highest BCUT2D eigenvalue weighted by molar-refractivity contribution is 6.31. The van der Waals surface area contributed by atoms with E-state index < -0.39 is 0 Å². The maximum Gasteiger partial charge on any atom is 0.0516 e. The van der Waals surface area contributed by atoms with E-state index in [0.717, 1.165) is 10.6 Å². The molecule has 0 amide bonds. The van der Waals surface area contributed by atoms with Gasteiger partial charge in [0.2, 0.25) is 0 Å². The lowest BCUT2D eigenvalue weighted by atomic mass is 10.1. The van der Waals surface area contributed by atoms with Gasteiger partial charge in [0.15, 0.2) is 0 Å². The molecule has 1 aromatic carbocycles. The van der Waals surface area contributed by atoms with Crippen molar-refractivity contribution in [2.45, 2.75) is 6.04 Å². The molecule has 0 aliphatic heterocycles. The highest BCUT2D eigenvalue weighted by Crippen LogP contribution is 2.22. The third kappa shape index (κ3) is 1.87. The Kier molecular flexibility index (Phi) is 3.32. The van der Waals surface area contributed by atoms with Gasteiger partial charge in [-0.05, 0) is 18.7 Å². The molecule has 0 aliphatic rings. The van der Waals surface area contributed by atoms with Gasteiger partial charge < -0.3 is 5.32 Å². The lowest BCUT2D eigenvalue weighted by Crippen LogP contribution is -2.13. The standard InChI is InChI=1S/C10H12ClN/c1-3-10(12-2)8-6-4-5-7-9(8)11/h3-7,10,12H,1H2,2H3. The first-order valence-corrected chi connectivity index (χ1v) is 4.21. The van der Waals surface area contributed by atoms with E-state index in [-0.39, 0.29) is 6.04 Å². The van der Waals surface area contributed by atoms with Crippen molar-refractivity contribution in [3.8, 4) is 0 Å². The van der Waals surface area contributed by atoms with Crippen molar-refractivity contribution >= 4 is 11.6 Å². The van der Waals surface area contributed by atoms with E-state index in [9.17, 15) is 0 Å². The van der Waals surface area contributed by atoms with Crippen LogP contribution in [0.1, 0.15) is 11.6 Å². The van der Waals surface area contributed by atoms with Gasteiger partial charge in [-0.15, -0.1) is 6.58 Å². The van der Waals surface area contributed by atoms with Crippen molar-refractivity contribution in [1.82, 2.24) is 5.32 Å². The van der Waals surface area contributed by atoms with E-state index in [1.54, 1.807) is 0 Å². The predicted molar refractivity (Wildman–Crippen MR) is 53.4 cm³/mol. The van der Waals surface area contributed by atoms with E-state index in [2.05, 4.69) is 11.9 Å². The van der Waals surface area contributed by atoms with E-state index in [0.29, 0.717) is 0 Å². The molecule has 1 aromatic rings. The summed E-state index contributed by atoms with van der Waals surface area (Å²) in [5.74, 6) is 0. The molecular formula is C10H12ClN. The van der Waals surface area contributed by atoms with Gasteiger partial charge in [0.25, 0.3) is 0 Å². The van der Waals surface area contributed by atoms with Crippen LogP contribution in [0, 0.1) is 0 Å². The van der Waals surface area contributed by atoms with E-state index >= 15 is 0 Å². The topological polar surface area (TPSA) is 12.0 Å². The second kappa shape index (κ2) is 4.29. The Morgan fingerprint density at radius 2 is 2.17 bits per heavy atom. The second-order valence-corrected chi connectivity index (χ2v) is 2.93. The number of likely N-dealkylation sites (N-methyl/N-ethyl adjacent to an activating group) is 1. The zero-order chi connectivity index (χ0) is 8.97.